The Morgan fingerprint density at radius 3 is 0.876 bits per heavy atom. The number of hydrogen-bond donors (Lipinski definition) is 0. The summed E-state index contributed by atoms with van der Waals surface area (Å²) >= 11 is 0. The first-order valence-corrected chi connectivity index (χ1v) is 37.7. The molecule has 6 heteroatoms. The molecule has 12 aliphatic rings. The van der Waals surface area contributed by atoms with E-state index < -0.39 is 0 Å². The SMILES string of the molecule is c1ccc2c(c1)Cc1cc3c(cc1-2)Cc1ccnc2c1N3c1c(ccc3c1-c1ccccc1C3)C2.c1ccc2c(c1)Cc1cc3c(cc1-2)Cc1cncc2c1N3c1c(ccc3c1-c1ccccc1C3)C2.c1ccc2c(c1)Cc1cc3c(cc1-2)Cc1nccc2c1N3c1c(ccc3c1-c1ccccc1C3)C2. The Balaban J connectivity index is 0.0000000914. The predicted octanol–water partition coefficient (Wildman–Crippen LogP) is 22.5. The van der Waals surface area contributed by atoms with E-state index in [4.69, 9.17) is 9.97 Å². The van der Waals surface area contributed by atoms with Crippen LogP contribution in [0.1, 0.15) is 134 Å². The van der Waals surface area contributed by atoms with Gasteiger partial charge < -0.3 is 14.7 Å². The molecule has 0 saturated carbocycles. The number of rotatable bonds is 0. The maximum atomic E-state index is 4.92. The molecule has 0 amide bonds. The molecule has 15 aromatic rings. The average molecular weight is 1340 g/mol. The Hall–Kier alpha value is -12.5. The maximum Gasteiger partial charge on any atom is 0.0716 e. The number of fused-ring (bicyclic) bond motifs is 33. The Morgan fingerprint density at radius 2 is 0.467 bits per heavy atom. The zero-order valence-electron chi connectivity index (χ0n) is 57.9. The number of anilines is 9. The zero-order chi connectivity index (χ0) is 68.0. The van der Waals surface area contributed by atoms with Crippen LogP contribution < -0.4 is 14.7 Å². The molecule has 105 heavy (non-hydrogen) atoms. The fourth-order valence-electron chi connectivity index (χ4n) is 21.1. The van der Waals surface area contributed by atoms with E-state index in [0.717, 1.165) is 77.0 Å². The molecule has 0 atom stereocenters. The number of benzene rings is 12. The molecule has 9 heterocycles. The highest BCUT2D eigenvalue weighted by molar-refractivity contribution is 6.04. The Bertz CT molecular complexity index is 5900. The summed E-state index contributed by atoms with van der Waals surface area (Å²) in [4.78, 5) is 22.2. The van der Waals surface area contributed by atoms with Gasteiger partial charge in [-0.15, -0.1) is 0 Å². The summed E-state index contributed by atoms with van der Waals surface area (Å²) in [5, 5.41) is 0. The van der Waals surface area contributed by atoms with Crippen LogP contribution in [-0.2, 0) is 77.0 Å². The molecule has 27 rings (SSSR count). The largest absolute Gasteiger partial charge is 0.309 e. The first-order valence-electron chi connectivity index (χ1n) is 37.7. The van der Waals surface area contributed by atoms with E-state index in [-0.39, 0.29) is 0 Å². The quantitative estimate of drug-likeness (QED) is 0.151. The smallest absolute Gasteiger partial charge is 0.0716 e. The van der Waals surface area contributed by atoms with Crippen LogP contribution in [0.5, 0.6) is 0 Å². The molecule has 0 spiro atoms. The van der Waals surface area contributed by atoms with Gasteiger partial charge in [0.15, 0.2) is 0 Å². The second kappa shape index (κ2) is 21.1. The monoisotopic (exact) mass is 1340 g/mol. The van der Waals surface area contributed by atoms with Crippen molar-refractivity contribution < 1.29 is 0 Å². The highest BCUT2D eigenvalue weighted by atomic mass is 15.2. The van der Waals surface area contributed by atoms with E-state index in [1.54, 1.807) is 0 Å². The molecule has 0 saturated heterocycles. The summed E-state index contributed by atoms with van der Waals surface area (Å²) in [5.74, 6) is 0. The van der Waals surface area contributed by atoms with Crippen LogP contribution in [0.25, 0.3) is 66.8 Å². The number of aromatic nitrogens is 3. The highest BCUT2D eigenvalue weighted by Crippen LogP contribution is 2.61. The van der Waals surface area contributed by atoms with Crippen LogP contribution in [0.3, 0.4) is 0 Å². The third kappa shape index (κ3) is 8.01. The summed E-state index contributed by atoms with van der Waals surface area (Å²) in [5.41, 5.74) is 62.7. The van der Waals surface area contributed by atoms with E-state index in [2.05, 4.69) is 263 Å². The van der Waals surface area contributed by atoms with E-state index in [9.17, 15) is 0 Å². The molecule has 12 aromatic carbocycles. The summed E-state index contributed by atoms with van der Waals surface area (Å²) in [6.07, 6.45) is 19.9. The van der Waals surface area contributed by atoms with Crippen molar-refractivity contribution in [3.05, 3.63) is 389 Å². The topological polar surface area (TPSA) is 48.4 Å². The minimum atomic E-state index is 0.894. The van der Waals surface area contributed by atoms with Crippen LogP contribution in [0, 0.1) is 0 Å². The van der Waals surface area contributed by atoms with Gasteiger partial charge in [-0.1, -0.05) is 182 Å². The summed E-state index contributed by atoms with van der Waals surface area (Å²) in [6, 6.07) is 87.1. The number of pyridine rings is 3. The van der Waals surface area contributed by atoms with Gasteiger partial charge in [0.05, 0.1) is 62.6 Å². The lowest BCUT2D eigenvalue weighted by Crippen LogP contribution is -2.26. The molecular weight excluding hydrogens is 1270 g/mol. The summed E-state index contributed by atoms with van der Waals surface area (Å²) < 4.78 is 0. The second-order valence-electron chi connectivity index (χ2n) is 31.1. The molecule has 6 aliphatic heterocycles. The lowest BCUT2D eigenvalue weighted by Gasteiger charge is -2.40. The molecule has 0 N–H and O–H groups in total. The molecular formula is C99H66N6. The van der Waals surface area contributed by atoms with Crippen LogP contribution in [0.2, 0.25) is 0 Å². The van der Waals surface area contributed by atoms with Gasteiger partial charge in [0.25, 0.3) is 0 Å². The van der Waals surface area contributed by atoms with Crippen LogP contribution in [-0.4, -0.2) is 15.0 Å². The van der Waals surface area contributed by atoms with Crippen molar-refractivity contribution in [1.82, 2.24) is 15.0 Å². The van der Waals surface area contributed by atoms with Crippen molar-refractivity contribution in [2.75, 3.05) is 14.7 Å². The van der Waals surface area contributed by atoms with Gasteiger partial charge in [-0.3, -0.25) is 15.0 Å². The van der Waals surface area contributed by atoms with Crippen LogP contribution >= 0.6 is 0 Å². The Morgan fingerprint density at radius 1 is 0.190 bits per heavy atom. The van der Waals surface area contributed by atoms with E-state index >= 15 is 0 Å². The first-order chi connectivity index (χ1) is 52.0. The van der Waals surface area contributed by atoms with Gasteiger partial charge in [-0.25, -0.2) is 0 Å². The van der Waals surface area contributed by atoms with Crippen molar-refractivity contribution in [3.63, 3.8) is 0 Å². The van der Waals surface area contributed by atoms with E-state index in [1.807, 2.05) is 12.4 Å². The maximum absolute atomic E-state index is 4.92. The second-order valence-corrected chi connectivity index (χ2v) is 31.1. The summed E-state index contributed by atoms with van der Waals surface area (Å²) in [6.45, 7) is 0. The minimum absolute atomic E-state index is 0.894. The molecule has 6 nitrogen and oxygen atoms in total. The highest BCUT2D eigenvalue weighted by Gasteiger charge is 2.42. The first kappa shape index (κ1) is 57.1. The van der Waals surface area contributed by atoms with E-state index in [0.29, 0.717) is 0 Å². The number of hydrogen-bond acceptors (Lipinski definition) is 6. The third-order valence-electron chi connectivity index (χ3n) is 25.6. The van der Waals surface area contributed by atoms with Crippen LogP contribution in [0.4, 0.5) is 51.2 Å². The van der Waals surface area contributed by atoms with Gasteiger partial charge in [0.2, 0.25) is 0 Å². The van der Waals surface area contributed by atoms with E-state index in [1.165, 1.54) is 252 Å². The summed E-state index contributed by atoms with van der Waals surface area (Å²) in [7, 11) is 0. The van der Waals surface area contributed by atoms with Crippen molar-refractivity contribution in [2.24, 2.45) is 0 Å². The molecule has 0 unspecified atom stereocenters. The zero-order valence-corrected chi connectivity index (χ0v) is 57.9. The standard InChI is InChI=1S/3C33H22N2/c1-3-7-27-19(5-1)12-23-16-30-24(15-29(23)27)14-26-18-34-17-25-13-22-10-9-21-11-20-6-2-4-8-28(20)31(21)33(22)35(30)32(25)26;1-3-7-26-19(5-1)14-24-18-30-25(16-28(24)26)15-23-11-12-34-29-17-22-10-9-21-13-20-6-2-4-8-27(20)31(21)33(22)35(30)32(23)29;1-3-7-26-19(5-1)14-24-18-30-25(16-28(24)26)17-29-32-23(11-12-34-29)15-22-10-9-21-13-20-6-2-4-8-27(20)31(21)33(22)35(30)32/h1-10,15-18H,11-14H2;2*1-12,16,18H,13-15,17H2. The van der Waals surface area contributed by atoms with Gasteiger partial charge in [0.1, 0.15) is 0 Å². The molecule has 0 radical (unpaired) electrons. The molecule has 0 fully saturated rings. The van der Waals surface area contributed by atoms with Crippen molar-refractivity contribution >= 4 is 51.2 Å². The van der Waals surface area contributed by atoms with Gasteiger partial charge in [-0.2, -0.15) is 0 Å². The molecule has 492 valence electrons. The van der Waals surface area contributed by atoms with Crippen molar-refractivity contribution in [1.29, 1.82) is 0 Å². The Kier molecular flexibility index (Phi) is 11.5. The lowest BCUT2D eigenvalue weighted by atomic mass is 9.84. The van der Waals surface area contributed by atoms with Crippen molar-refractivity contribution in [3.8, 4) is 66.8 Å². The van der Waals surface area contributed by atoms with Gasteiger partial charge in [-0.05, 0) is 260 Å². The fraction of sp³-hybridized carbons (Fsp3) is 0.121. The van der Waals surface area contributed by atoms with Crippen molar-refractivity contribution in [2.45, 2.75) is 77.0 Å². The molecule has 0 bridgehead atoms. The predicted molar refractivity (Wildman–Crippen MR) is 423 cm³/mol. The molecule has 6 aliphatic carbocycles. The fourth-order valence-corrected chi connectivity index (χ4v) is 21.1. The third-order valence-corrected chi connectivity index (χ3v) is 25.6. The average Bonchev–Trinajstić information content (AvgIpc) is 1.70. The minimum Gasteiger partial charge on any atom is -0.309 e. The van der Waals surface area contributed by atoms with Gasteiger partial charge >= 0.3 is 0 Å². The van der Waals surface area contributed by atoms with Gasteiger partial charge in [0, 0.05) is 80.0 Å². The lowest BCUT2D eigenvalue weighted by molar-refractivity contribution is 0.959. The molecule has 3 aromatic heterocycles. The number of nitrogens with zero attached hydrogens (tertiary/aromatic N) is 6. The normalized spacial score (nSPS) is 14.9. The Labute approximate surface area is 609 Å². The van der Waals surface area contributed by atoms with Crippen LogP contribution in [0.15, 0.2) is 255 Å².